The Bertz CT molecular complexity index is 1990. The van der Waals surface area contributed by atoms with Crippen LogP contribution in [0.3, 0.4) is 0 Å². The van der Waals surface area contributed by atoms with Gasteiger partial charge in [-0.3, -0.25) is 4.98 Å². The predicted octanol–water partition coefficient (Wildman–Crippen LogP) is 10.8. The van der Waals surface area contributed by atoms with Gasteiger partial charge < -0.3 is 9.40 Å². The molecule has 1 radical (unpaired) electrons. The van der Waals surface area contributed by atoms with Gasteiger partial charge in [0.05, 0.1) is 11.3 Å². The van der Waals surface area contributed by atoms with Gasteiger partial charge in [-0.2, -0.15) is 0 Å². The van der Waals surface area contributed by atoms with E-state index in [0.29, 0.717) is 5.92 Å². The molecule has 6 aromatic rings. The molecule has 1 aliphatic carbocycles. The van der Waals surface area contributed by atoms with Crippen LogP contribution in [-0.4, -0.2) is 28.2 Å². The first-order valence-electron chi connectivity index (χ1n) is 17.2. The van der Waals surface area contributed by atoms with Gasteiger partial charge in [0, 0.05) is 37.4 Å². The fourth-order valence-corrected chi connectivity index (χ4v) is 10.3. The summed E-state index contributed by atoms with van der Waals surface area (Å²) in [6.07, 6.45) is 12.4. The molecule has 0 bridgehead atoms. The molecule has 4 nitrogen and oxygen atoms in total. The molecular formula is C42H47GeIrN3O-2. The van der Waals surface area contributed by atoms with E-state index in [9.17, 15) is 0 Å². The number of fused-ring (bicyclic) bond motifs is 3. The molecule has 251 valence electrons. The maximum Gasteiger partial charge on any atom is 0 e. The number of benzene rings is 2. The van der Waals surface area contributed by atoms with E-state index < -0.39 is 13.3 Å². The Morgan fingerprint density at radius 3 is 2.35 bits per heavy atom. The molecule has 0 unspecified atom stereocenters. The zero-order valence-electron chi connectivity index (χ0n) is 29.4. The molecule has 7 rings (SSSR count). The quantitative estimate of drug-likeness (QED) is 0.124. The maximum atomic E-state index is 6.19. The summed E-state index contributed by atoms with van der Waals surface area (Å²) >= 11 is -1.89. The molecule has 1 aliphatic rings. The molecule has 0 amide bonds. The van der Waals surface area contributed by atoms with Gasteiger partial charge in [-0.1, -0.05) is 36.4 Å². The predicted molar refractivity (Wildman–Crippen MR) is 199 cm³/mol. The fraction of sp³-hybridized carbons (Fsp3) is 0.357. The summed E-state index contributed by atoms with van der Waals surface area (Å²) in [5.74, 6) is 8.78. The summed E-state index contributed by atoms with van der Waals surface area (Å²) in [4.78, 5) is 13.8. The number of furan rings is 1. The largest absolute Gasteiger partial charge is 0 e. The third-order valence-electron chi connectivity index (χ3n) is 9.44. The number of aromatic nitrogens is 3. The van der Waals surface area contributed by atoms with E-state index in [-0.39, 0.29) is 20.1 Å². The molecule has 48 heavy (non-hydrogen) atoms. The minimum atomic E-state index is -1.89. The molecule has 0 N–H and O–H groups in total. The van der Waals surface area contributed by atoms with Crippen molar-refractivity contribution in [2.75, 3.05) is 0 Å². The molecule has 0 atom stereocenters. The van der Waals surface area contributed by atoms with Gasteiger partial charge in [-0.15, -0.1) is 18.2 Å². The van der Waals surface area contributed by atoms with Crippen LogP contribution in [0.25, 0.3) is 44.5 Å². The van der Waals surface area contributed by atoms with Gasteiger partial charge in [-0.05, 0) is 37.6 Å². The molecule has 1 fully saturated rings. The Morgan fingerprint density at radius 1 is 0.854 bits per heavy atom. The number of hydrogen-bond donors (Lipinski definition) is 0. The van der Waals surface area contributed by atoms with Crippen molar-refractivity contribution in [3.05, 3.63) is 108 Å². The summed E-state index contributed by atoms with van der Waals surface area (Å²) in [5, 5.41) is 2.19. The molecule has 0 spiro atoms. The first-order chi connectivity index (χ1) is 22.6. The van der Waals surface area contributed by atoms with Crippen LogP contribution in [0.4, 0.5) is 0 Å². The second-order valence-electron chi connectivity index (χ2n) is 14.5. The zero-order valence-corrected chi connectivity index (χ0v) is 33.9. The summed E-state index contributed by atoms with van der Waals surface area (Å²) in [6.45, 7) is 8.36. The Labute approximate surface area is 302 Å². The van der Waals surface area contributed by atoms with Crippen LogP contribution in [0.1, 0.15) is 74.4 Å². The van der Waals surface area contributed by atoms with Crippen molar-refractivity contribution in [2.24, 2.45) is 5.92 Å². The molecule has 4 aromatic heterocycles. The van der Waals surface area contributed by atoms with E-state index >= 15 is 0 Å². The van der Waals surface area contributed by atoms with Crippen molar-refractivity contribution >= 4 is 39.6 Å². The van der Waals surface area contributed by atoms with Crippen molar-refractivity contribution in [1.82, 2.24) is 15.0 Å². The molecule has 2 aromatic carbocycles. The first-order valence-corrected chi connectivity index (χ1v) is 24.6. The number of hydrogen-bond acceptors (Lipinski definition) is 4. The molecular weight excluding hydrogens is 827 g/mol. The third-order valence-corrected chi connectivity index (χ3v) is 13.8. The summed E-state index contributed by atoms with van der Waals surface area (Å²) in [7, 11) is 0. The summed E-state index contributed by atoms with van der Waals surface area (Å²) in [5.41, 5.74) is 10.4. The van der Waals surface area contributed by atoms with Crippen molar-refractivity contribution in [3.63, 3.8) is 0 Å². The molecule has 0 saturated heterocycles. The minimum Gasteiger partial charge on any atom is 0 e. The second-order valence-corrected chi connectivity index (χ2v) is 25.1. The third kappa shape index (κ3) is 8.18. The Hall–Kier alpha value is -3.12. The van der Waals surface area contributed by atoms with Gasteiger partial charge in [-0.25, -0.2) is 0 Å². The molecule has 0 aliphatic heterocycles. The van der Waals surface area contributed by atoms with Crippen LogP contribution in [0.2, 0.25) is 17.3 Å². The van der Waals surface area contributed by atoms with Crippen LogP contribution in [0.15, 0.2) is 77.5 Å². The maximum absolute atomic E-state index is 6.19. The fourth-order valence-electron chi connectivity index (χ4n) is 6.93. The number of pyridine rings is 3. The van der Waals surface area contributed by atoms with Crippen molar-refractivity contribution < 1.29 is 24.5 Å². The van der Waals surface area contributed by atoms with E-state index in [1.165, 1.54) is 44.1 Å². The standard InChI is InChI=1S/C21H28GeN.C21H19N2O.Ir/c1-22(2,3)20-16-23-21(18-12-8-5-9-13-18)15-19(20)14-17-10-6-4-7-11-17;1-12(2)15-8-9-22-19(11-15)17-7-5-6-16-18-10-13(3)23-14(4)20(18)24-21(16)17;/h5,8-9,12,15-17H,4,6-7,10-11,14H2,1-3H3;5-6,8-12H,1-4H3;/q2*-1;. The van der Waals surface area contributed by atoms with Gasteiger partial charge in [0.15, 0.2) is 0 Å². The molecule has 6 heteroatoms. The number of nitrogens with zero attached hydrogens (tertiary/aromatic N) is 3. The van der Waals surface area contributed by atoms with Crippen molar-refractivity contribution in [2.45, 2.75) is 89.4 Å². The van der Waals surface area contributed by atoms with E-state index in [4.69, 9.17) is 9.40 Å². The minimum absolute atomic E-state index is 0. The average molecular weight is 875 g/mol. The van der Waals surface area contributed by atoms with Crippen LogP contribution < -0.4 is 4.40 Å². The zero-order chi connectivity index (χ0) is 33.1. The van der Waals surface area contributed by atoms with Gasteiger partial charge in [0.25, 0.3) is 0 Å². The van der Waals surface area contributed by atoms with E-state index in [1.54, 1.807) is 9.96 Å². The van der Waals surface area contributed by atoms with Crippen LogP contribution in [-0.2, 0) is 26.5 Å². The van der Waals surface area contributed by atoms with E-state index in [1.807, 2.05) is 38.2 Å². The summed E-state index contributed by atoms with van der Waals surface area (Å²) < 4.78 is 7.78. The monoisotopic (exact) mass is 876 g/mol. The Morgan fingerprint density at radius 2 is 1.65 bits per heavy atom. The van der Waals surface area contributed by atoms with Crippen LogP contribution in [0, 0.1) is 31.9 Å². The van der Waals surface area contributed by atoms with Crippen molar-refractivity contribution in [1.29, 1.82) is 0 Å². The smallest absolute Gasteiger partial charge is 0 e. The number of rotatable bonds is 6. The average Bonchev–Trinajstić information content (AvgIpc) is 3.45. The first kappa shape index (κ1) is 36.2. The Kier molecular flexibility index (Phi) is 11.8. The van der Waals surface area contributed by atoms with Gasteiger partial charge in [0.2, 0.25) is 0 Å². The topological polar surface area (TPSA) is 51.8 Å². The van der Waals surface area contributed by atoms with Gasteiger partial charge >= 0.3 is 144 Å². The summed E-state index contributed by atoms with van der Waals surface area (Å²) in [6, 6.07) is 27.5. The van der Waals surface area contributed by atoms with Crippen LogP contribution >= 0.6 is 0 Å². The van der Waals surface area contributed by atoms with E-state index in [2.05, 4.69) is 102 Å². The Balaban J connectivity index is 0.000000184. The van der Waals surface area contributed by atoms with Crippen LogP contribution in [0.5, 0.6) is 0 Å². The second kappa shape index (κ2) is 15.6. The normalized spacial score (nSPS) is 13.8. The SMILES string of the molecule is Cc1cc2c(oc3c(-c4cc(C(C)C)ccn4)[c-]ccc32)c(C)n1.[CH3][Ge]([CH3])([CH3])[c]1cnc(-c2[c-]cccc2)cc1CC1CCCCC1.[Ir]. The van der Waals surface area contributed by atoms with E-state index in [0.717, 1.165) is 61.8 Å². The number of aryl methyl sites for hydroxylation is 2. The molecule has 1 saturated carbocycles. The van der Waals surface area contributed by atoms with Gasteiger partial charge in [0.1, 0.15) is 5.58 Å². The molecule has 4 heterocycles. The van der Waals surface area contributed by atoms with Crippen molar-refractivity contribution in [3.8, 4) is 22.5 Å².